The molecule has 0 spiro atoms. The number of nitriles is 1. The van der Waals surface area contributed by atoms with Gasteiger partial charge in [0.2, 0.25) is 0 Å². The minimum Gasteiger partial charge on any atom is -0.377 e. The minimum atomic E-state index is -4.04. The molecule has 150 valence electrons. The highest BCUT2D eigenvalue weighted by Crippen LogP contribution is 2.30. The van der Waals surface area contributed by atoms with Crippen molar-refractivity contribution in [2.24, 2.45) is 0 Å². The maximum Gasteiger partial charge on any atom is 0.339 e. The van der Waals surface area contributed by atoms with E-state index in [4.69, 9.17) is 15.8 Å². The van der Waals surface area contributed by atoms with Gasteiger partial charge in [-0.15, -0.1) is 0 Å². The summed E-state index contributed by atoms with van der Waals surface area (Å²) < 4.78 is 29.8. The molecule has 7 nitrogen and oxygen atoms in total. The fraction of sp³-hybridized carbons (Fsp3) is 0. The third-order valence-electron chi connectivity index (χ3n) is 4.01. The van der Waals surface area contributed by atoms with Crippen molar-refractivity contribution in [1.29, 1.82) is 5.26 Å². The van der Waals surface area contributed by atoms with E-state index in [-0.39, 0.29) is 26.9 Å². The van der Waals surface area contributed by atoms with Crippen LogP contribution in [0.1, 0.15) is 11.1 Å². The number of hydrogen-bond acceptors (Lipinski definition) is 6. The van der Waals surface area contributed by atoms with E-state index in [9.17, 15) is 23.8 Å². The lowest BCUT2D eigenvalue weighted by Crippen LogP contribution is -2.09. The molecule has 3 rings (SSSR count). The van der Waals surface area contributed by atoms with Gasteiger partial charge in [0.15, 0.2) is 5.75 Å². The molecule has 0 saturated carbocycles. The van der Waals surface area contributed by atoms with Crippen LogP contribution in [-0.4, -0.2) is 13.3 Å². The number of rotatable bonds is 6. The molecule has 0 heterocycles. The first-order valence-corrected chi connectivity index (χ1v) is 10.2. The van der Waals surface area contributed by atoms with Crippen LogP contribution in [0, 0.1) is 21.4 Å². The number of nitro benzene ring substituents is 1. The Bertz CT molecular complexity index is 1260. The average molecular weight is 441 g/mol. The SMILES string of the molecule is N#C/C(=C\c1ccc(OS(=O)(=O)c2ccccc2)c(Cl)c1)c1ccc([N+](=O)[O-])cc1. The van der Waals surface area contributed by atoms with Crippen LogP contribution in [-0.2, 0) is 10.1 Å². The quantitative estimate of drug-likeness (QED) is 0.174. The molecule has 0 unspecified atom stereocenters. The summed E-state index contributed by atoms with van der Waals surface area (Å²) in [7, 11) is -4.04. The van der Waals surface area contributed by atoms with Crippen molar-refractivity contribution >= 4 is 39.1 Å². The van der Waals surface area contributed by atoms with E-state index in [1.807, 2.05) is 6.07 Å². The van der Waals surface area contributed by atoms with Gasteiger partial charge in [0.05, 0.1) is 21.6 Å². The van der Waals surface area contributed by atoms with E-state index in [2.05, 4.69) is 0 Å². The standard InChI is InChI=1S/C21H13ClN2O5S/c22-20-13-15(12-17(14-23)16-7-9-18(10-8-16)24(25)26)6-11-21(20)29-30(27,28)19-4-2-1-3-5-19/h1-13H/b17-12+. The second-order valence-electron chi connectivity index (χ2n) is 6.01. The van der Waals surface area contributed by atoms with Crippen LogP contribution in [0.2, 0.25) is 5.02 Å². The van der Waals surface area contributed by atoms with E-state index in [1.165, 1.54) is 54.6 Å². The van der Waals surface area contributed by atoms with Gasteiger partial charge >= 0.3 is 10.1 Å². The van der Waals surface area contributed by atoms with Crippen LogP contribution in [0.3, 0.4) is 0 Å². The highest BCUT2D eigenvalue weighted by atomic mass is 35.5. The fourth-order valence-electron chi connectivity index (χ4n) is 2.54. The smallest absolute Gasteiger partial charge is 0.339 e. The van der Waals surface area contributed by atoms with Gasteiger partial charge in [-0.1, -0.05) is 35.9 Å². The van der Waals surface area contributed by atoms with Gasteiger partial charge in [0.1, 0.15) is 4.90 Å². The molecule has 0 amide bonds. The van der Waals surface area contributed by atoms with Gasteiger partial charge in [-0.3, -0.25) is 10.1 Å². The molecule has 30 heavy (non-hydrogen) atoms. The lowest BCUT2D eigenvalue weighted by atomic mass is 10.0. The summed E-state index contributed by atoms with van der Waals surface area (Å²) >= 11 is 6.17. The number of benzene rings is 3. The molecule has 0 N–H and O–H groups in total. The molecule has 3 aromatic rings. The highest BCUT2D eigenvalue weighted by Gasteiger charge is 2.18. The maximum atomic E-state index is 12.3. The van der Waals surface area contributed by atoms with E-state index in [0.29, 0.717) is 11.1 Å². The highest BCUT2D eigenvalue weighted by molar-refractivity contribution is 7.87. The van der Waals surface area contributed by atoms with Gasteiger partial charge in [-0.25, -0.2) is 0 Å². The number of hydrogen-bond donors (Lipinski definition) is 0. The molecule has 0 bridgehead atoms. The Labute approximate surface area is 177 Å². The Morgan fingerprint density at radius 2 is 1.73 bits per heavy atom. The molecule has 0 fully saturated rings. The first-order valence-electron chi connectivity index (χ1n) is 8.46. The van der Waals surface area contributed by atoms with Crippen LogP contribution >= 0.6 is 11.6 Å². The van der Waals surface area contributed by atoms with Crippen molar-refractivity contribution in [2.45, 2.75) is 4.90 Å². The number of nitro groups is 1. The molecule has 0 saturated heterocycles. The van der Waals surface area contributed by atoms with E-state index in [0.717, 1.165) is 0 Å². The molecule has 0 aliphatic carbocycles. The molecule has 0 aliphatic rings. The molecule has 0 radical (unpaired) electrons. The molecule has 0 aliphatic heterocycles. The molecule has 0 aromatic heterocycles. The summed E-state index contributed by atoms with van der Waals surface area (Å²) in [5.74, 6) is -0.0495. The maximum absolute atomic E-state index is 12.3. The number of allylic oxidation sites excluding steroid dienone is 1. The third-order valence-corrected chi connectivity index (χ3v) is 5.55. The molecule has 0 atom stereocenters. The predicted molar refractivity (Wildman–Crippen MR) is 112 cm³/mol. The largest absolute Gasteiger partial charge is 0.377 e. The first-order chi connectivity index (χ1) is 14.3. The average Bonchev–Trinajstić information content (AvgIpc) is 2.74. The van der Waals surface area contributed by atoms with Crippen molar-refractivity contribution in [3.05, 3.63) is 99.1 Å². The second kappa shape index (κ2) is 8.78. The lowest BCUT2D eigenvalue weighted by Gasteiger charge is -2.09. The molecular formula is C21H13ClN2O5S. The molecular weight excluding hydrogens is 428 g/mol. The van der Waals surface area contributed by atoms with Crippen molar-refractivity contribution in [1.82, 2.24) is 0 Å². The van der Waals surface area contributed by atoms with Crippen molar-refractivity contribution in [3.63, 3.8) is 0 Å². The number of halogens is 1. The summed E-state index contributed by atoms with van der Waals surface area (Å²) in [5.41, 5.74) is 1.19. The summed E-state index contributed by atoms with van der Waals surface area (Å²) in [6.07, 6.45) is 1.53. The predicted octanol–water partition coefficient (Wildman–Crippen LogP) is 5.08. The summed E-state index contributed by atoms with van der Waals surface area (Å²) in [4.78, 5) is 10.2. The van der Waals surface area contributed by atoms with Crippen LogP contribution in [0.5, 0.6) is 5.75 Å². The van der Waals surface area contributed by atoms with Gasteiger partial charge < -0.3 is 4.18 Å². The third kappa shape index (κ3) is 4.84. The van der Waals surface area contributed by atoms with Crippen molar-refractivity contribution in [3.8, 4) is 11.8 Å². The van der Waals surface area contributed by atoms with Crippen molar-refractivity contribution < 1.29 is 17.5 Å². The Morgan fingerprint density at radius 3 is 2.30 bits per heavy atom. The summed E-state index contributed by atoms with van der Waals surface area (Å²) in [6.45, 7) is 0. The first kappa shape index (κ1) is 21.0. The lowest BCUT2D eigenvalue weighted by molar-refractivity contribution is -0.384. The topological polar surface area (TPSA) is 110 Å². The second-order valence-corrected chi connectivity index (χ2v) is 7.97. The van der Waals surface area contributed by atoms with E-state index < -0.39 is 15.0 Å². The van der Waals surface area contributed by atoms with Crippen LogP contribution < -0.4 is 4.18 Å². The van der Waals surface area contributed by atoms with Crippen LogP contribution in [0.25, 0.3) is 11.6 Å². The zero-order chi connectivity index (χ0) is 21.7. The normalized spacial score (nSPS) is 11.5. The summed E-state index contributed by atoms with van der Waals surface area (Å²) in [6, 6.07) is 19.6. The molecule has 9 heteroatoms. The Balaban J connectivity index is 1.87. The van der Waals surface area contributed by atoms with Gasteiger partial charge in [0, 0.05) is 12.1 Å². The Hall–Kier alpha value is -3.67. The van der Waals surface area contributed by atoms with E-state index >= 15 is 0 Å². The minimum absolute atomic E-state index is 0.00465. The fourth-order valence-corrected chi connectivity index (χ4v) is 3.78. The Kier molecular flexibility index (Phi) is 6.16. The van der Waals surface area contributed by atoms with E-state index in [1.54, 1.807) is 24.3 Å². The number of nitrogens with zero attached hydrogens (tertiary/aromatic N) is 2. The Morgan fingerprint density at radius 1 is 1.07 bits per heavy atom. The van der Waals surface area contributed by atoms with Crippen LogP contribution in [0.15, 0.2) is 77.7 Å². The molecule has 3 aromatic carbocycles. The summed E-state index contributed by atoms with van der Waals surface area (Å²) in [5, 5.41) is 20.2. The van der Waals surface area contributed by atoms with Crippen LogP contribution in [0.4, 0.5) is 5.69 Å². The van der Waals surface area contributed by atoms with Crippen molar-refractivity contribution in [2.75, 3.05) is 0 Å². The van der Waals surface area contributed by atoms with Gasteiger partial charge in [0.25, 0.3) is 5.69 Å². The number of non-ortho nitro benzene ring substituents is 1. The monoisotopic (exact) mass is 440 g/mol. The van der Waals surface area contributed by atoms with Gasteiger partial charge in [-0.2, -0.15) is 13.7 Å². The van der Waals surface area contributed by atoms with Gasteiger partial charge in [-0.05, 0) is 53.6 Å². The zero-order valence-corrected chi connectivity index (χ0v) is 16.8. The zero-order valence-electron chi connectivity index (χ0n) is 15.2.